The van der Waals surface area contributed by atoms with Gasteiger partial charge in [0, 0.05) is 52.1 Å². The number of alkyl halides is 1. The predicted molar refractivity (Wildman–Crippen MR) is 125 cm³/mol. The number of benzene rings is 1. The smallest absolute Gasteiger partial charge is 0.404 e. The van der Waals surface area contributed by atoms with Crippen molar-refractivity contribution in [3.8, 4) is 33.1 Å². The van der Waals surface area contributed by atoms with Gasteiger partial charge in [-0.3, -0.25) is 4.90 Å². The molecule has 5 heterocycles. The molecule has 1 saturated heterocycles. The van der Waals surface area contributed by atoms with Gasteiger partial charge >= 0.3 is 6.04 Å². The molecule has 4 aromatic rings. The van der Waals surface area contributed by atoms with E-state index in [1.807, 2.05) is 35.9 Å². The molecule has 0 radical (unpaired) electrons. The van der Waals surface area contributed by atoms with Crippen molar-refractivity contribution in [2.24, 2.45) is 0 Å². The number of aromatic amines is 1. The second kappa shape index (κ2) is 7.60. The summed E-state index contributed by atoms with van der Waals surface area (Å²) in [6, 6.07) is 9.97. The summed E-state index contributed by atoms with van der Waals surface area (Å²) in [5, 5.41) is 1.02. The number of nitrogens with zero attached hydrogens (tertiary/aromatic N) is 2. The third kappa shape index (κ3) is 3.65. The Morgan fingerprint density at radius 2 is 1.91 bits per heavy atom. The van der Waals surface area contributed by atoms with Crippen LogP contribution in [0.25, 0.3) is 32.6 Å². The monoisotopic (exact) mass is 449 g/mol. The van der Waals surface area contributed by atoms with Crippen LogP contribution in [0.5, 0.6) is 11.5 Å². The minimum absolute atomic E-state index is 0.409. The van der Waals surface area contributed by atoms with E-state index in [1.54, 1.807) is 6.07 Å². The maximum Gasteiger partial charge on any atom is 0.404 e. The number of piperidine rings is 1. The van der Waals surface area contributed by atoms with E-state index in [1.165, 1.54) is 49.0 Å². The van der Waals surface area contributed by atoms with Crippen molar-refractivity contribution in [2.45, 2.75) is 38.8 Å². The third-order valence-electron chi connectivity index (χ3n) is 6.14. The number of ether oxygens (including phenoxy) is 2. The maximum absolute atomic E-state index is 14.1. The summed E-state index contributed by atoms with van der Waals surface area (Å²) in [5.74, 6) is 0.823. The first-order valence-electron chi connectivity index (χ1n) is 11.0. The van der Waals surface area contributed by atoms with Crippen LogP contribution in [0.2, 0.25) is 0 Å². The van der Waals surface area contributed by atoms with E-state index >= 15 is 0 Å². The molecule has 6 rings (SSSR count). The summed E-state index contributed by atoms with van der Waals surface area (Å²) < 4.78 is 24.5. The first kappa shape index (κ1) is 19.8. The Morgan fingerprint density at radius 3 is 2.78 bits per heavy atom. The molecule has 2 aliphatic rings. The van der Waals surface area contributed by atoms with Crippen LogP contribution in [0.15, 0.2) is 48.8 Å². The van der Waals surface area contributed by atoms with Crippen molar-refractivity contribution < 1.29 is 13.9 Å². The Kier molecular flexibility index (Phi) is 4.69. The lowest BCUT2D eigenvalue weighted by Gasteiger charge is -2.25. The normalized spacial score (nSPS) is 20.8. The summed E-state index contributed by atoms with van der Waals surface area (Å²) in [7, 11) is 0. The standard InChI is InChI=1S/C25H24FN3O2S/c1-25(26)30-21-7-5-16(12-22(21)31-25)20-14-28-24-19(20)11-17(13-27-24)23-8-6-18(32-23)15-29-9-3-2-4-10-29/h5-8,11-14H,2-4,9-10,15H2,1H3,(H,27,28). The highest BCUT2D eigenvalue weighted by Crippen LogP contribution is 2.43. The van der Waals surface area contributed by atoms with E-state index in [0.29, 0.717) is 11.5 Å². The van der Waals surface area contributed by atoms with Crippen molar-refractivity contribution in [3.05, 3.63) is 53.7 Å². The number of halogens is 1. The molecule has 0 spiro atoms. The lowest BCUT2D eigenvalue weighted by atomic mass is 10.0. The molecule has 164 valence electrons. The Balaban J connectivity index is 1.31. The lowest BCUT2D eigenvalue weighted by Crippen LogP contribution is -2.28. The molecule has 3 aromatic heterocycles. The number of rotatable bonds is 4. The molecule has 1 aromatic carbocycles. The number of hydrogen-bond acceptors (Lipinski definition) is 5. The lowest BCUT2D eigenvalue weighted by molar-refractivity contribution is -0.173. The molecule has 32 heavy (non-hydrogen) atoms. The molecule has 2 aliphatic heterocycles. The van der Waals surface area contributed by atoms with Crippen molar-refractivity contribution >= 4 is 22.4 Å². The fraction of sp³-hybridized carbons (Fsp3) is 0.320. The van der Waals surface area contributed by atoms with Gasteiger partial charge < -0.3 is 14.5 Å². The second-order valence-corrected chi connectivity index (χ2v) is 9.79. The Morgan fingerprint density at radius 1 is 1.06 bits per heavy atom. The quantitative estimate of drug-likeness (QED) is 0.394. The Bertz CT molecular complexity index is 1290. The van der Waals surface area contributed by atoms with Gasteiger partial charge in [0.1, 0.15) is 5.65 Å². The first-order valence-corrected chi connectivity index (χ1v) is 11.9. The van der Waals surface area contributed by atoms with Crippen molar-refractivity contribution in [3.63, 3.8) is 0 Å². The molecule has 7 heteroatoms. The Hall–Kier alpha value is -2.90. The van der Waals surface area contributed by atoms with Gasteiger partial charge in [-0.25, -0.2) is 4.98 Å². The van der Waals surface area contributed by atoms with Gasteiger partial charge in [-0.05, 0) is 61.8 Å². The number of nitrogens with one attached hydrogen (secondary N) is 1. The van der Waals surface area contributed by atoms with Crippen LogP contribution in [-0.4, -0.2) is 34.0 Å². The molecule has 1 fully saturated rings. The number of likely N-dealkylation sites (tertiary alicyclic amines) is 1. The van der Waals surface area contributed by atoms with Crippen LogP contribution in [0.4, 0.5) is 4.39 Å². The number of H-pyrrole nitrogens is 1. The molecular weight excluding hydrogens is 425 g/mol. The zero-order valence-electron chi connectivity index (χ0n) is 17.9. The molecule has 0 saturated carbocycles. The highest BCUT2D eigenvalue weighted by atomic mass is 32.1. The average molecular weight is 450 g/mol. The molecule has 0 bridgehead atoms. The number of hydrogen-bond donors (Lipinski definition) is 1. The van der Waals surface area contributed by atoms with Crippen molar-refractivity contribution in [1.29, 1.82) is 0 Å². The molecule has 5 nitrogen and oxygen atoms in total. The van der Waals surface area contributed by atoms with Crippen molar-refractivity contribution in [2.75, 3.05) is 13.1 Å². The number of fused-ring (bicyclic) bond motifs is 2. The van der Waals surface area contributed by atoms with Crippen LogP contribution < -0.4 is 9.47 Å². The minimum Gasteiger partial charge on any atom is -0.423 e. The zero-order valence-corrected chi connectivity index (χ0v) is 18.7. The van der Waals surface area contributed by atoms with Gasteiger partial charge in [0.25, 0.3) is 0 Å². The predicted octanol–water partition coefficient (Wildman–Crippen LogP) is 6.36. The van der Waals surface area contributed by atoms with E-state index < -0.39 is 6.04 Å². The maximum atomic E-state index is 14.1. The molecule has 0 aliphatic carbocycles. The number of aromatic nitrogens is 2. The van der Waals surface area contributed by atoms with Gasteiger partial charge in [0.05, 0.1) is 0 Å². The SMILES string of the molecule is CC1(F)Oc2ccc(-c3c[nH]c4ncc(-c5ccc(CN6CCCCC6)s5)cc34)cc2O1. The van der Waals surface area contributed by atoms with E-state index in [-0.39, 0.29) is 0 Å². The molecule has 1 N–H and O–H groups in total. The van der Waals surface area contributed by atoms with Crippen LogP contribution >= 0.6 is 11.3 Å². The van der Waals surface area contributed by atoms with E-state index in [0.717, 1.165) is 34.3 Å². The first-order chi connectivity index (χ1) is 15.5. The van der Waals surface area contributed by atoms with Crippen LogP contribution in [0.1, 0.15) is 31.1 Å². The highest BCUT2D eigenvalue weighted by Gasteiger charge is 2.36. The van der Waals surface area contributed by atoms with E-state index in [4.69, 9.17) is 9.47 Å². The summed E-state index contributed by atoms with van der Waals surface area (Å²) in [6.45, 7) is 4.69. The van der Waals surface area contributed by atoms with Crippen LogP contribution in [0.3, 0.4) is 0 Å². The summed E-state index contributed by atoms with van der Waals surface area (Å²) in [6.07, 6.45) is 7.82. The van der Waals surface area contributed by atoms with Crippen LogP contribution in [-0.2, 0) is 6.54 Å². The second-order valence-electron chi connectivity index (χ2n) is 8.63. The van der Waals surface area contributed by atoms with Crippen molar-refractivity contribution in [1.82, 2.24) is 14.9 Å². The van der Waals surface area contributed by atoms with Gasteiger partial charge in [0.15, 0.2) is 11.5 Å². The fourth-order valence-corrected chi connectivity index (χ4v) is 5.62. The largest absolute Gasteiger partial charge is 0.423 e. The zero-order chi connectivity index (χ0) is 21.7. The third-order valence-corrected chi connectivity index (χ3v) is 7.26. The van der Waals surface area contributed by atoms with Gasteiger partial charge in [-0.15, -0.1) is 11.3 Å². The summed E-state index contributed by atoms with van der Waals surface area (Å²) >= 11 is 1.84. The fourth-order valence-electron chi connectivity index (χ4n) is 4.59. The van der Waals surface area contributed by atoms with Gasteiger partial charge in [-0.2, -0.15) is 4.39 Å². The Labute approximate surface area is 189 Å². The molecular formula is C25H24FN3O2S. The van der Waals surface area contributed by atoms with E-state index in [9.17, 15) is 4.39 Å². The highest BCUT2D eigenvalue weighted by molar-refractivity contribution is 7.15. The topological polar surface area (TPSA) is 50.4 Å². The summed E-state index contributed by atoms with van der Waals surface area (Å²) in [4.78, 5) is 13.1. The molecule has 0 amide bonds. The van der Waals surface area contributed by atoms with Gasteiger partial charge in [0.2, 0.25) is 0 Å². The molecule has 1 atom stereocenters. The van der Waals surface area contributed by atoms with Gasteiger partial charge in [-0.1, -0.05) is 12.5 Å². The number of thiophene rings is 1. The number of pyridine rings is 1. The van der Waals surface area contributed by atoms with E-state index in [2.05, 4.69) is 33.1 Å². The minimum atomic E-state index is -2.12. The average Bonchev–Trinajstić information content (AvgIpc) is 3.49. The van der Waals surface area contributed by atoms with Crippen LogP contribution in [0, 0.1) is 0 Å². The molecule has 1 unspecified atom stereocenters. The summed E-state index contributed by atoms with van der Waals surface area (Å²) in [5.41, 5.74) is 3.85.